The van der Waals surface area contributed by atoms with Crippen molar-refractivity contribution in [3.63, 3.8) is 0 Å². The van der Waals surface area contributed by atoms with Crippen molar-refractivity contribution in [3.8, 4) is 11.5 Å². The number of ether oxygens (including phenoxy) is 2. The van der Waals surface area contributed by atoms with E-state index in [1.807, 2.05) is 12.2 Å². The third-order valence-corrected chi connectivity index (χ3v) is 3.23. The predicted octanol–water partition coefficient (Wildman–Crippen LogP) is 2.96. The molecular weight excluding hydrogens is 296 g/mol. The molecule has 0 heterocycles. The van der Waals surface area contributed by atoms with Crippen LogP contribution in [-0.4, -0.2) is 30.1 Å². The van der Waals surface area contributed by atoms with Crippen LogP contribution in [0.25, 0.3) is 0 Å². The van der Waals surface area contributed by atoms with Crippen molar-refractivity contribution in [1.82, 2.24) is 0 Å². The number of phenols is 1. The normalized spacial score (nSPS) is 13.1. The molecule has 0 fully saturated rings. The summed E-state index contributed by atoms with van der Waals surface area (Å²) in [6, 6.07) is 4.48. The van der Waals surface area contributed by atoms with Crippen LogP contribution in [0.3, 0.4) is 0 Å². The lowest BCUT2D eigenvalue weighted by atomic mass is 9.97. The highest BCUT2D eigenvalue weighted by atomic mass is 16.6. The third-order valence-electron chi connectivity index (χ3n) is 3.23. The molecule has 1 N–H and O–H groups in total. The van der Waals surface area contributed by atoms with Crippen LogP contribution in [0.2, 0.25) is 0 Å². The zero-order valence-electron chi connectivity index (χ0n) is 12.7. The molecule has 0 saturated heterocycles. The minimum absolute atomic E-state index is 0.0734. The van der Waals surface area contributed by atoms with Crippen LogP contribution in [0.4, 0.5) is 0 Å². The van der Waals surface area contributed by atoms with E-state index in [0.29, 0.717) is 11.3 Å². The van der Waals surface area contributed by atoms with Crippen molar-refractivity contribution in [2.24, 2.45) is 0 Å². The molecule has 1 aliphatic carbocycles. The van der Waals surface area contributed by atoms with Gasteiger partial charge in [0.05, 0.1) is 5.56 Å². The summed E-state index contributed by atoms with van der Waals surface area (Å²) in [6.07, 6.45) is 8.38. The third kappa shape index (κ3) is 4.57. The van der Waals surface area contributed by atoms with Gasteiger partial charge in [0.25, 0.3) is 0 Å². The SMILES string of the molecule is C=CC(=O)OCCOc1ccc(C(=O)C2=CCCC=C2)c(O)c1. The van der Waals surface area contributed by atoms with Crippen LogP contribution < -0.4 is 4.74 Å². The fourth-order valence-corrected chi connectivity index (χ4v) is 2.09. The van der Waals surface area contributed by atoms with Crippen molar-refractivity contribution >= 4 is 11.8 Å². The van der Waals surface area contributed by atoms with Gasteiger partial charge >= 0.3 is 5.97 Å². The van der Waals surface area contributed by atoms with E-state index in [-0.39, 0.29) is 30.3 Å². The Kier molecular flexibility index (Phi) is 5.74. The first kappa shape index (κ1) is 16.5. The highest BCUT2D eigenvalue weighted by Gasteiger charge is 2.16. The first-order valence-corrected chi connectivity index (χ1v) is 7.28. The quantitative estimate of drug-likeness (QED) is 0.362. The van der Waals surface area contributed by atoms with Gasteiger partial charge in [-0.3, -0.25) is 4.79 Å². The Labute approximate surface area is 134 Å². The summed E-state index contributed by atoms with van der Waals surface area (Å²) in [4.78, 5) is 23.2. The van der Waals surface area contributed by atoms with E-state index >= 15 is 0 Å². The predicted molar refractivity (Wildman–Crippen MR) is 85.5 cm³/mol. The Hall–Kier alpha value is -2.82. The number of allylic oxidation sites excluding steroid dienone is 4. The van der Waals surface area contributed by atoms with Crippen molar-refractivity contribution in [2.45, 2.75) is 12.8 Å². The zero-order chi connectivity index (χ0) is 16.7. The number of benzene rings is 1. The fourth-order valence-electron chi connectivity index (χ4n) is 2.09. The van der Waals surface area contributed by atoms with Crippen molar-refractivity contribution in [1.29, 1.82) is 0 Å². The van der Waals surface area contributed by atoms with Gasteiger partial charge in [-0.1, -0.05) is 24.8 Å². The Morgan fingerprint density at radius 3 is 2.74 bits per heavy atom. The maximum absolute atomic E-state index is 12.3. The zero-order valence-corrected chi connectivity index (χ0v) is 12.7. The van der Waals surface area contributed by atoms with Gasteiger partial charge in [-0.05, 0) is 25.0 Å². The topological polar surface area (TPSA) is 72.8 Å². The van der Waals surface area contributed by atoms with E-state index < -0.39 is 5.97 Å². The van der Waals surface area contributed by atoms with Gasteiger partial charge < -0.3 is 14.6 Å². The molecule has 1 aromatic rings. The Bertz CT molecular complexity index is 670. The van der Waals surface area contributed by atoms with Crippen molar-refractivity contribution < 1.29 is 24.2 Å². The van der Waals surface area contributed by atoms with Gasteiger partial charge in [-0.25, -0.2) is 4.79 Å². The molecule has 23 heavy (non-hydrogen) atoms. The van der Waals surface area contributed by atoms with Crippen LogP contribution in [0.5, 0.6) is 11.5 Å². The number of Topliss-reactive ketones (excluding diaryl/α,β-unsaturated/α-hetero) is 1. The summed E-state index contributed by atoms with van der Waals surface area (Å²) < 4.78 is 10.1. The summed E-state index contributed by atoms with van der Waals surface area (Å²) in [5.74, 6) is -0.492. The highest BCUT2D eigenvalue weighted by Crippen LogP contribution is 2.27. The lowest BCUT2D eigenvalue weighted by molar-refractivity contribution is -0.138. The summed E-state index contributed by atoms with van der Waals surface area (Å²) >= 11 is 0. The maximum Gasteiger partial charge on any atom is 0.330 e. The Morgan fingerprint density at radius 2 is 2.09 bits per heavy atom. The second-order valence-electron chi connectivity index (χ2n) is 4.87. The first-order chi connectivity index (χ1) is 11.1. The molecule has 1 aromatic carbocycles. The van der Waals surface area contributed by atoms with Gasteiger partial charge in [-0.2, -0.15) is 0 Å². The molecule has 0 spiro atoms. The molecule has 5 nitrogen and oxygen atoms in total. The smallest absolute Gasteiger partial charge is 0.330 e. The molecule has 0 aliphatic heterocycles. The summed E-state index contributed by atoms with van der Waals surface area (Å²) in [7, 11) is 0. The number of phenolic OH excluding ortho intramolecular Hbond substituents is 1. The molecule has 0 bridgehead atoms. The van der Waals surface area contributed by atoms with E-state index in [4.69, 9.17) is 9.47 Å². The first-order valence-electron chi connectivity index (χ1n) is 7.28. The number of ketones is 1. The largest absolute Gasteiger partial charge is 0.507 e. The van der Waals surface area contributed by atoms with Crippen LogP contribution in [0, 0.1) is 0 Å². The van der Waals surface area contributed by atoms with Gasteiger partial charge in [-0.15, -0.1) is 0 Å². The molecular formula is C18H18O5. The molecule has 5 heteroatoms. The lowest BCUT2D eigenvalue weighted by Gasteiger charge is -2.10. The molecule has 120 valence electrons. The van der Waals surface area contributed by atoms with E-state index in [1.54, 1.807) is 12.1 Å². The molecule has 0 aromatic heterocycles. The van der Waals surface area contributed by atoms with E-state index in [2.05, 4.69) is 6.58 Å². The molecule has 1 aliphatic rings. The number of hydrogen-bond acceptors (Lipinski definition) is 5. The average molecular weight is 314 g/mol. The monoisotopic (exact) mass is 314 g/mol. The molecule has 0 atom stereocenters. The fraction of sp³-hybridized carbons (Fsp3) is 0.222. The van der Waals surface area contributed by atoms with Gasteiger partial charge in [0.15, 0.2) is 5.78 Å². The second-order valence-corrected chi connectivity index (χ2v) is 4.87. The van der Waals surface area contributed by atoms with Gasteiger partial charge in [0.2, 0.25) is 0 Å². The minimum Gasteiger partial charge on any atom is -0.507 e. The van der Waals surface area contributed by atoms with E-state index in [0.717, 1.165) is 18.9 Å². The van der Waals surface area contributed by atoms with Gasteiger partial charge in [0, 0.05) is 17.7 Å². The molecule has 2 rings (SSSR count). The van der Waals surface area contributed by atoms with Crippen molar-refractivity contribution in [2.75, 3.05) is 13.2 Å². The summed E-state index contributed by atoms with van der Waals surface area (Å²) in [5, 5.41) is 10.0. The number of esters is 1. The Balaban J connectivity index is 1.96. The Morgan fingerprint density at radius 1 is 1.26 bits per heavy atom. The number of aromatic hydroxyl groups is 1. The maximum atomic E-state index is 12.3. The highest BCUT2D eigenvalue weighted by molar-refractivity contribution is 6.12. The standard InChI is InChI=1S/C18H18O5/c1-2-17(20)23-11-10-22-14-8-9-15(16(19)12-14)18(21)13-6-4-3-5-7-13/h2,4,6-9,12,19H,1,3,5,10-11H2. The number of carbonyl (C=O) groups is 2. The van der Waals surface area contributed by atoms with Gasteiger partial charge in [0.1, 0.15) is 24.7 Å². The number of hydrogen-bond donors (Lipinski definition) is 1. The average Bonchev–Trinajstić information content (AvgIpc) is 2.58. The van der Waals surface area contributed by atoms with Crippen LogP contribution in [-0.2, 0) is 9.53 Å². The molecule has 0 saturated carbocycles. The lowest BCUT2D eigenvalue weighted by Crippen LogP contribution is -2.10. The summed E-state index contributed by atoms with van der Waals surface area (Å²) in [6.45, 7) is 3.50. The van der Waals surface area contributed by atoms with E-state index in [9.17, 15) is 14.7 Å². The van der Waals surface area contributed by atoms with Crippen molar-refractivity contribution in [3.05, 3.63) is 60.2 Å². The number of rotatable bonds is 7. The van der Waals surface area contributed by atoms with E-state index in [1.165, 1.54) is 12.1 Å². The van der Waals surface area contributed by atoms with Crippen LogP contribution in [0.1, 0.15) is 23.2 Å². The molecule has 0 unspecified atom stereocenters. The number of carbonyl (C=O) groups excluding carboxylic acids is 2. The molecule has 0 amide bonds. The van der Waals surface area contributed by atoms with Crippen LogP contribution >= 0.6 is 0 Å². The summed E-state index contributed by atoms with van der Waals surface area (Å²) in [5.41, 5.74) is 0.810. The molecule has 0 radical (unpaired) electrons. The van der Waals surface area contributed by atoms with Crippen LogP contribution in [0.15, 0.2) is 54.7 Å². The minimum atomic E-state index is -0.522. The second kappa shape index (κ2) is 7.98.